The summed E-state index contributed by atoms with van der Waals surface area (Å²) in [5, 5.41) is 12.6. The van der Waals surface area contributed by atoms with Crippen molar-refractivity contribution in [3.05, 3.63) is 22.2 Å². The van der Waals surface area contributed by atoms with E-state index in [0.717, 1.165) is 35.2 Å². The summed E-state index contributed by atoms with van der Waals surface area (Å²) in [5.41, 5.74) is 8.98. The van der Waals surface area contributed by atoms with Crippen molar-refractivity contribution in [3.63, 3.8) is 0 Å². The molecule has 106 valence electrons. The highest BCUT2D eigenvalue weighted by atomic mass is 32.1. The van der Waals surface area contributed by atoms with E-state index in [9.17, 15) is 4.79 Å². The highest BCUT2D eigenvalue weighted by molar-refractivity contribution is 7.21. The molecule has 1 unspecified atom stereocenters. The van der Waals surface area contributed by atoms with Crippen LogP contribution in [0.15, 0.2) is 6.07 Å². The molecule has 2 heterocycles. The van der Waals surface area contributed by atoms with Crippen LogP contribution in [0.4, 0.5) is 5.69 Å². The van der Waals surface area contributed by atoms with Gasteiger partial charge in [0.05, 0.1) is 12.3 Å². The van der Waals surface area contributed by atoms with Gasteiger partial charge in [-0.05, 0) is 37.8 Å². The quantitative estimate of drug-likeness (QED) is 0.799. The summed E-state index contributed by atoms with van der Waals surface area (Å²) in [7, 11) is 0. The van der Waals surface area contributed by atoms with E-state index >= 15 is 0 Å². The number of nitrogens with two attached hydrogens (primary N) is 1. The second-order valence-corrected chi connectivity index (χ2v) is 6.20. The van der Waals surface area contributed by atoms with E-state index in [-0.39, 0.29) is 18.6 Å². The minimum Gasteiger partial charge on any atom is -0.397 e. The Kier molecular flexibility index (Phi) is 3.35. The van der Waals surface area contributed by atoms with E-state index in [4.69, 9.17) is 10.8 Å². The number of rotatable bonds is 3. The first-order valence-electron chi connectivity index (χ1n) is 6.72. The van der Waals surface area contributed by atoms with Gasteiger partial charge in [0.2, 0.25) is 0 Å². The van der Waals surface area contributed by atoms with Gasteiger partial charge < -0.3 is 16.2 Å². The highest BCUT2D eigenvalue weighted by Crippen LogP contribution is 2.35. The molecule has 0 aliphatic heterocycles. The third-order valence-electron chi connectivity index (χ3n) is 3.61. The fourth-order valence-electron chi connectivity index (χ4n) is 2.50. The number of fused-ring (bicyclic) bond motifs is 2. The molecule has 0 spiro atoms. The second-order valence-electron chi connectivity index (χ2n) is 5.20. The van der Waals surface area contributed by atoms with Gasteiger partial charge in [-0.15, -0.1) is 11.3 Å². The van der Waals surface area contributed by atoms with Crippen molar-refractivity contribution in [2.75, 3.05) is 12.3 Å². The molecule has 0 fully saturated rings. The van der Waals surface area contributed by atoms with Crippen LogP contribution in [0, 0.1) is 0 Å². The minimum atomic E-state index is -0.287. The van der Waals surface area contributed by atoms with Gasteiger partial charge in [0.25, 0.3) is 5.91 Å². The van der Waals surface area contributed by atoms with Gasteiger partial charge in [-0.25, -0.2) is 4.98 Å². The number of aliphatic hydroxyl groups is 1. The van der Waals surface area contributed by atoms with Gasteiger partial charge in [0.15, 0.2) is 0 Å². The molecule has 0 bridgehead atoms. The number of thiophene rings is 1. The number of amides is 1. The first-order valence-corrected chi connectivity index (χ1v) is 7.54. The van der Waals surface area contributed by atoms with Gasteiger partial charge in [-0.3, -0.25) is 4.79 Å². The number of aryl methyl sites for hydroxylation is 2. The van der Waals surface area contributed by atoms with Gasteiger partial charge in [0.1, 0.15) is 9.71 Å². The number of nitrogens with one attached hydrogen (secondary N) is 1. The van der Waals surface area contributed by atoms with Crippen molar-refractivity contribution >= 4 is 33.1 Å². The van der Waals surface area contributed by atoms with Crippen molar-refractivity contribution in [2.24, 2.45) is 0 Å². The lowest BCUT2D eigenvalue weighted by molar-refractivity contribution is 0.0927. The average molecular weight is 291 g/mol. The molecule has 5 nitrogen and oxygen atoms in total. The molecule has 0 saturated heterocycles. The summed E-state index contributed by atoms with van der Waals surface area (Å²) in [5.74, 6) is -0.243. The Labute approximate surface area is 120 Å². The lowest BCUT2D eigenvalue weighted by Crippen LogP contribution is -2.34. The predicted octanol–water partition coefficient (Wildman–Crippen LogP) is 1.48. The Hall–Kier alpha value is -1.66. The maximum absolute atomic E-state index is 12.1. The van der Waals surface area contributed by atoms with Crippen molar-refractivity contribution < 1.29 is 9.90 Å². The number of hydrogen-bond donors (Lipinski definition) is 3. The topological polar surface area (TPSA) is 88.2 Å². The van der Waals surface area contributed by atoms with Gasteiger partial charge >= 0.3 is 0 Å². The van der Waals surface area contributed by atoms with Crippen LogP contribution in [0.1, 0.15) is 34.3 Å². The van der Waals surface area contributed by atoms with Crippen LogP contribution in [0.25, 0.3) is 10.2 Å². The van der Waals surface area contributed by atoms with E-state index in [1.807, 2.05) is 0 Å². The van der Waals surface area contributed by atoms with Gasteiger partial charge in [-0.1, -0.05) is 0 Å². The van der Waals surface area contributed by atoms with Gasteiger partial charge in [0, 0.05) is 17.1 Å². The molecule has 0 saturated carbocycles. The number of anilines is 1. The number of hydrogen-bond acceptors (Lipinski definition) is 5. The van der Waals surface area contributed by atoms with Crippen LogP contribution in [0.3, 0.4) is 0 Å². The minimum absolute atomic E-state index is 0.0942. The molecule has 20 heavy (non-hydrogen) atoms. The largest absolute Gasteiger partial charge is 0.397 e. The third-order valence-corrected chi connectivity index (χ3v) is 4.72. The summed E-state index contributed by atoms with van der Waals surface area (Å²) in [4.78, 5) is 18.1. The molecule has 1 atom stereocenters. The van der Waals surface area contributed by atoms with E-state index in [1.165, 1.54) is 16.9 Å². The summed E-state index contributed by atoms with van der Waals surface area (Å²) >= 11 is 1.32. The number of carbonyl (C=O) groups excluding carboxylic acids is 1. The number of pyridine rings is 1. The summed E-state index contributed by atoms with van der Waals surface area (Å²) in [6, 6.07) is 1.79. The van der Waals surface area contributed by atoms with Gasteiger partial charge in [-0.2, -0.15) is 0 Å². The van der Waals surface area contributed by atoms with E-state index in [0.29, 0.717) is 10.6 Å². The molecule has 3 rings (SSSR count). The standard InChI is InChI=1S/C14H17N3O2S/c1-7(6-18)16-13(19)12-11(15)9-5-8-3-2-4-10(8)17-14(9)20-12/h5,7,18H,2-4,6,15H2,1H3,(H,16,19). The number of carbonyl (C=O) groups is 1. The van der Waals surface area contributed by atoms with Crippen LogP contribution in [0.2, 0.25) is 0 Å². The monoisotopic (exact) mass is 291 g/mol. The predicted molar refractivity (Wildman–Crippen MR) is 80.1 cm³/mol. The molecule has 1 aliphatic carbocycles. The maximum Gasteiger partial charge on any atom is 0.263 e. The Morgan fingerprint density at radius 2 is 2.40 bits per heavy atom. The molecular formula is C14H17N3O2S. The summed E-state index contributed by atoms with van der Waals surface area (Å²) < 4.78 is 0. The zero-order valence-corrected chi connectivity index (χ0v) is 12.1. The Morgan fingerprint density at radius 1 is 1.60 bits per heavy atom. The van der Waals surface area contributed by atoms with Crippen LogP contribution in [-0.4, -0.2) is 28.6 Å². The van der Waals surface area contributed by atoms with Crippen molar-refractivity contribution in [2.45, 2.75) is 32.2 Å². The number of nitrogen functional groups attached to an aromatic ring is 1. The summed E-state index contributed by atoms with van der Waals surface area (Å²) in [6.45, 7) is 1.65. The molecule has 6 heteroatoms. The molecule has 0 radical (unpaired) electrons. The van der Waals surface area contributed by atoms with Crippen molar-refractivity contribution in [1.29, 1.82) is 0 Å². The van der Waals surface area contributed by atoms with Crippen LogP contribution >= 0.6 is 11.3 Å². The van der Waals surface area contributed by atoms with E-state index in [1.54, 1.807) is 6.92 Å². The number of aromatic nitrogens is 1. The lowest BCUT2D eigenvalue weighted by Gasteiger charge is -2.09. The average Bonchev–Trinajstić information content (AvgIpc) is 3.01. The maximum atomic E-state index is 12.1. The van der Waals surface area contributed by atoms with E-state index in [2.05, 4.69) is 16.4 Å². The number of nitrogens with zero attached hydrogens (tertiary/aromatic N) is 1. The zero-order valence-electron chi connectivity index (χ0n) is 11.3. The molecule has 2 aromatic heterocycles. The lowest BCUT2D eigenvalue weighted by atomic mass is 10.1. The third kappa shape index (κ3) is 2.14. The molecule has 0 aromatic carbocycles. The number of aliphatic hydroxyl groups excluding tert-OH is 1. The molecular weight excluding hydrogens is 274 g/mol. The smallest absolute Gasteiger partial charge is 0.263 e. The Morgan fingerprint density at radius 3 is 3.15 bits per heavy atom. The molecule has 1 aliphatic rings. The highest BCUT2D eigenvalue weighted by Gasteiger charge is 2.21. The fraction of sp³-hybridized carbons (Fsp3) is 0.429. The summed E-state index contributed by atoms with van der Waals surface area (Å²) in [6.07, 6.45) is 3.18. The Balaban J connectivity index is 2.01. The van der Waals surface area contributed by atoms with Crippen molar-refractivity contribution in [1.82, 2.24) is 10.3 Å². The first kappa shape index (κ1) is 13.3. The van der Waals surface area contributed by atoms with Crippen LogP contribution in [0.5, 0.6) is 0 Å². The Bertz CT molecular complexity index is 681. The molecule has 2 aromatic rings. The molecule has 4 N–H and O–H groups in total. The fourth-order valence-corrected chi connectivity index (χ4v) is 3.50. The van der Waals surface area contributed by atoms with E-state index < -0.39 is 0 Å². The van der Waals surface area contributed by atoms with Crippen LogP contribution < -0.4 is 11.1 Å². The second kappa shape index (κ2) is 5.03. The molecule has 1 amide bonds. The first-order chi connectivity index (χ1) is 9.60. The zero-order chi connectivity index (χ0) is 14.3. The SMILES string of the molecule is CC(CO)NC(=O)c1sc2nc3c(cc2c1N)CCC3. The van der Waals surface area contributed by atoms with Crippen molar-refractivity contribution in [3.8, 4) is 0 Å². The van der Waals surface area contributed by atoms with Crippen LogP contribution in [-0.2, 0) is 12.8 Å². The normalized spacial score (nSPS) is 15.3.